The summed E-state index contributed by atoms with van der Waals surface area (Å²) in [4.78, 5) is 22.0. The Hall–Kier alpha value is -2.69. The molecule has 2 N–H and O–H groups in total. The highest BCUT2D eigenvalue weighted by Gasteiger charge is 2.25. The molecule has 2 aromatic rings. The van der Waals surface area contributed by atoms with Crippen LogP contribution in [0.5, 0.6) is 0 Å². The predicted molar refractivity (Wildman–Crippen MR) is 104 cm³/mol. The fourth-order valence-electron chi connectivity index (χ4n) is 2.64. The van der Waals surface area contributed by atoms with Crippen molar-refractivity contribution in [1.29, 1.82) is 0 Å². The third-order valence-corrected chi connectivity index (χ3v) is 4.75. The molecule has 27 heavy (non-hydrogen) atoms. The van der Waals surface area contributed by atoms with Crippen molar-refractivity contribution < 1.29 is 14.3 Å². The summed E-state index contributed by atoms with van der Waals surface area (Å²) in [6, 6.07) is 4.68. The second kappa shape index (κ2) is 8.80. The number of nitrogens with one attached hydrogen (secondary N) is 1. The highest BCUT2D eigenvalue weighted by atomic mass is 35.5. The van der Waals surface area contributed by atoms with Gasteiger partial charge in [-0.15, -0.1) is 0 Å². The molecule has 2 rings (SSSR count). The molecule has 142 valence electrons. The van der Waals surface area contributed by atoms with E-state index >= 15 is 0 Å². The molecule has 0 unspecified atom stereocenters. The second-order valence-corrected chi connectivity index (χ2v) is 6.41. The van der Waals surface area contributed by atoms with Gasteiger partial charge in [0.2, 0.25) is 11.6 Å². The summed E-state index contributed by atoms with van der Waals surface area (Å²) in [6.07, 6.45) is 0.115. The van der Waals surface area contributed by atoms with E-state index in [-0.39, 0.29) is 30.4 Å². The number of halogens is 2. The molecule has 6 nitrogen and oxygen atoms in total. The van der Waals surface area contributed by atoms with E-state index in [9.17, 15) is 14.3 Å². The van der Waals surface area contributed by atoms with E-state index in [1.165, 1.54) is 29.2 Å². The highest BCUT2D eigenvalue weighted by Crippen LogP contribution is 2.34. The number of carbonyl (C=O) groups excluding carboxylic acids is 1. The van der Waals surface area contributed by atoms with Crippen molar-refractivity contribution in [2.75, 3.05) is 23.9 Å². The number of aryl methyl sites for hydroxylation is 1. The van der Waals surface area contributed by atoms with Crippen LogP contribution in [0.4, 0.5) is 21.6 Å². The summed E-state index contributed by atoms with van der Waals surface area (Å²) >= 11 is 6.16. The fourth-order valence-corrected chi connectivity index (χ4v) is 2.77. The molecule has 0 fully saturated rings. The van der Waals surface area contributed by atoms with Crippen molar-refractivity contribution in [3.8, 4) is 0 Å². The van der Waals surface area contributed by atoms with Gasteiger partial charge in [-0.3, -0.25) is 4.79 Å². The van der Waals surface area contributed by atoms with Crippen molar-refractivity contribution >= 4 is 34.7 Å². The standard InChI is InChI=1S/C19H20ClFN4O2/c1-11-16(20)12(2)23-18(17(11)22-3)24-15(9-10-26)19(27)25(4)14-7-5-13(21)6-8-14/h5-8,15,26H,9-10H2,1-2,4H3,(H,23,24)/t15-/m0/s1. The Morgan fingerprint density at radius 2 is 2.04 bits per heavy atom. The molecule has 0 aliphatic heterocycles. The van der Waals surface area contributed by atoms with Crippen LogP contribution >= 0.6 is 11.6 Å². The zero-order valence-corrected chi connectivity index (χ0v) is 16.0. The molecule has 0 aliphatic carbocycles. The Balaban J connectivity index is 2.34. The van der Waals surface area contributed by atoms with Crippen LogP contribution in [0.15, 0.2) is 24.3 Å². The first-order chi connectivity index (χ1) is 12.8. The SMILES string of the molecule is [C-]#[N+]c1c(N[C@@H](CCO)C(=O)N(C)c2ccc(F)cc2)nc(C)c(Cl)c1C. The fraction of sp³-hybridized carbons (Fsp3) is 0.316. The summed E-state index contributed by atoms with van der Waals surface area (Å²) < 4.78 is 13.1. The van der Waals surface area contributed by atoms with Crippen LogP contribution in [0, 0.1) is 26.2 Å². The second-order valence-electron chi connectivity index (χ2n) is 6.03. The summed E-state index contributed by atoms with van der Waals surface area (Å²) in [6.45, 7) is 10.6. The average molecular weight is 391 g/mol. The van der Waals surface area contributed by atoms with Crippen LogP contribution < -0.4 is 10.2 Å². The minimum Gasteiger partial charge on any atom is -0.396 e. The third kappa shape index (κ3) is 4.54. The number of hydrogen-bond donors (Lipinski definition) is 2. The van der Waals surface area contributed by atoms with Gasteiger partial charge in [-0.1, -0.05) is 11.6 Å². The lowest BCUT2D eigenvalue weighted by Gasteiger charge is -2.25. The average Bonchev–Trinajstić information content (AvgIpc) is 2.65. The first kappa shape index (κ1) is 20.6. The summed E-state index contributed by atoms with van der Waals surface area (Å²) in [5.41, 5.74) is 1.84. The number of aliphatic hydroxyl groups is 1. The van der Waals surface area contributed by atoms with Crippen molar-refractivity contribution in [2.24, 2.45) is 0 Å². The third-order valence-electron chi connectivity index (χ3n) is 4.19. The van der Waals surface area contributed by atoms with Gasteiger partial charge in [0, 0.05) is 19.3 Å². The number of nitrogens with zero attached hydrogens (tertiary/aromatic N) is 3. The Morgan fingerprint density at radius 1 is 1.41 bits per heavy atom. The molecular weight excluding hydrogens is 371 g/mol. The molecule has 0 radical (unpaired) electrons. The molecular formula is C19H20ClFN4O2. The number of amides is 1. The Morgan fingerprint density at radius 3 is 2.59 bits per heavy atom. The zero-order valence-electron chi connectivity index (χ0n) is 15.3. The van der Waals surface area contributed by atoms with Gasteiger partial charge in [0.15, 0.2) is 0 Å². The lowest BCUT2D eigenvalue weighted by molar-refractivity contribution is -0.119. The van der Waals surface area contributed by atoms with Crippen molar-refractivity contribution in [1.82, 2.24) is 4.98 Å². The van der Waals surface area contributed by atoms with Crippen LogP contribution in [0.1, 0.15) is 17.7 Å². The molecule has 0 saturated carbocycles. The van der Waals surface area contributed by atoms with Gasteiger partial charge in [-0.25, -0.2) is 14.2 Å². The van der Waals surface area contributed by atoms with E-state index in [0.717, 1.165) is 0 Å². The van der Waals surface area contributed by atoms with Gasteiger partial charge in [0.05, 0.1) is 17.3 Å². The van der Waals surface area contributed by atoms with E-state index in [1.54, 1.807) is 20.9 Å². The zero-order chi connectivity index (χ0) is 20.1. The van der Waals surface area contributed by atoms with Crippen LogP contribution in [0.2, 0.25) is 5.02 Å². The van der Waals surface area contributed by atoms with Crippen molar-refractivity contribution in [3.05, 3.63) is 57.8 Å². The highest BCUT2D eigenvalue weighted by molar-refractivity contribution is 6.32. The maximum absolute atomic E-state index is 13.1. The molecule has 8 heteroatoms. The Bertz CT molecular complexity index is 881. The van der Waals surface area contributed by atoms with Gasteiger partial charge < -0.3 is 15.3 Å². The minimum atomic E-state index is -0.821. The smallest absolute Gasteiger partial charge is 0.249 e. The van der Waals surface area contributed by atoms with Crippen molar-refractivity contribution in [3.63, 3.8) is 0 Å². The van der Waals surface area contributed by atoms with Gasteiger partial charge in [-0.05, 0) is 50.1 Å². The van der Waals surface area contributed by atoms with E-state index in [2.05, 4.69) is 15.1 Å². The molecule has 1 atom stereocenters. The molecule has 0 spiro atoms. The molecule has 1 amide bonds. The lowest BCUT2D eigenvalue weighted by Crippen LogP contribution is -2.41. The van der Waals surface area contributed by atoms with Crippen molar-refractivity contribution in [2.45, 2.75) is 26.3 Å². The molecule has 1 aromatic heterocycles. The monoisotopic (exact) mass is 390 g/mol. The molecule has 0 bridgehead atoms. The van der Waals surface area contributed by atoms with Gasteiger partial charge in [-0.2, -0.15) is 0 Å². The van der Waals surface area contributed by atoms with Crippen LogP contribution in [-0.2, 0) is 4.79 Å². The van der Waals surface area contributed by atoms with E-state index < -0.39 is 11.9 Å². The number of anilines is 2. The van der Waals surface area contributed by atoms with Gasteiger partial charge in [0.25, 0.3) is 0 Å². The number of benzene rings is 1. The topological polar surface area (TPSA) is 69.8 Å². The van der Waals surface area contributed by atoms with Crippen LogP contribution in [0.25, 0.3) is 4.85 Å². The summed E-state index contributed by atoms with van der Waals surface area (Å²) in [5.74, 6) is -0.509. The number of aromatic nitrogens is 1. The Labute approximate surface area is 162 Å². The normalized spacial score (nSPS) is 11.6. The quantitative estimate of drug-likeness (QED) is 0.735. The van der Waals surface area contributed by atoms with E-state index in [4.69, 9.17) is 18.2 Å². The molecule has 1 heterocycles. The van der Waals surface area contributed by atoms with Crippen LogP contribution in [0.3, 0.4) is 0 Å². The number of rotatable bonds is 6. The Kier molecular flexibility index (Phi) is 6.72. The van der Waals surface area contributed by atoms with Gasteiger partial charge in [0.1, 0.15) is 17.7 Å². The maximum atomic E-state index is 13.1. The molecule has 1 aromatic carbocycles. The maximum Gasteiger partial charge on any atom is 0.249 e. The lowest BCUT2D eigenvalue weighted by atomic mass is 10.1. The number of likely N-dealkylation sites (N-methyl/N-ethyl adjacent to an activating group) is 1. The minimum absolute atomic E-state index is 0.115. The first-order valence-corrected chi connectivity index (χ1v) is 8.62. The number of aliphatic hydroxyl groups excluding tert-OH is 1. The molecule has 0 saturated heterocycles. The first-order valence-electron chi connectivity index (χ1n) is 8.24. The molecule has 0 aliphatic rings. The largest absolute Gasteiger partial charge is 0.396 e. The number of carbonyl (C=O) groups is 1. The summed E-state index contributed by atoms with van der Waals surface area (Å²) in [5, 5.41) is 12.7. The number of pyridine rings is 1. The van der Waals surface area contributed by atoms with Crippen LogP contribution in [-0.4, -0.2) is 35.7 Å². The summed E-state index contributed by atoms with van der Waals surface area (Å²) in [7, 11) is 1.56. The van der Waals surface area contributed by atoms with E-state index in [0.29, 0.717) is 22.0 Å². The predicted octanol–water partition coefficient (Wildman–Crippen LogP) is 3.87. The number of hydrogen-bond acceptors (Lipinski definition) is 4. The van der Waals surface area contributed by atoms with Gasteiger partial charge >= 0.3 is 0 Å². The van der Waals surface area contributed by atoms with E-state index in [1.807, 2.05) is 0 Å².